The lowest BCUT2D eigenvalue weighted by Crippen LogP contribution is -2.16. The van der Waals surface area contributed by atoms with Crippen molar-refractivity contribution in [2.75, 3.05) is 5.32 Å². The molecule has 23 heavy (non-hydrogen) atoms. The van der Waals surface area contributed by atoms with E-state index < -0.39 is 0 Å². The van der Waals surface area contributed by atoms with Gasteiger partial charge in [0.25, 0.3) is 5.91 Å². The molecule has 0 radical (unpaired) electrons. The minimum atomic E-state index is -0.238. The number of imidazole rings is 1. The Bertz CT molecular complexity index is 882. The van der Waals surface area contributed by atoms with Crippen LogP contribution < -0.4 is 5.32 Å². The Kier molecular flexibility index (Phi) is 4.28. The van der Waals surface area contributed by atoms with Crippen LogP contribution in [0, 0.1) is 6.92 Å². The Morgan fingerprint density at radius 3 is 2.61 bits per heavy atom. The number of benzene rings is 1. The van der Waals surface area contributed by atoms with E-state index in [-0.39, 0.29) is 5.91 Å². The first kappa shape index (κ1) is 15.8. The second-order valence-electron chi connectivity index (χ2n) is 5.26. The molecule has 0 aliphatic carbocycles. The van der Waals surface area contributed by atoms with E-state index in [1.807, 2.05) is 36.6 Å². The van der Waals surface area contributed by atoms with Gasteiger partial charge in [0.05, 0.1) is 5.69 Å². The molecule has 0 unspecified atom stereocenters. The largest absolute Gasteiger partial charge is 0.321 e. The van der Waals surface area contributed by atoms with Gasteiger partial charge in [-0.1, -0.05) is 36.2 Å². The Balaban J connectivity index is 2.05. The number of nitrogens with zero attached hydrogens (tertiary/aromatic N) is 2. The molecule has 0 saturated carbocycles. The van der Waals surface area contributed by atoms with E-state index in [1.54, 1.807) is 18.2 Å². The van der Waals surface area contributed by atoms with Crippen molar-refractivity contribution < 1.29 is 4.79 Å². The van der Waals surface area contributed by atoms with Gasteiger partial charge in [0.1, 0.15) is 11.3 Å². The minimum absolute atomic E-state index is 0.238. The van der Waals surface area contributed by atoms with Crippen LogP contribution in [0.4, 0.5) is 5.69 Å². The molecule has 0 bridgehead atoms. The van der Waals surface area contributed by atoms with Crippen LogP contribution in [0.3, 0.4) is 0 Å². The number of fused-ring (bicyclic) bond motifs is 1. The second-order valence-corrected chi connectivity index (χ2v) is 6.13. The van der Waals surface area contributed by atoms with Crippen molar-refractivity contribution in [2.45, 2.75) is 20.3 Å². The monoisotopic (exact) mass is 347 g/mol. The third kappa shape index (κ3) is 3.05. The number of carbonyl (C=O) groups excluding carboxylic acids is 1. The van der Waals surface area contributed by atoms with Crippen LogP contribution in [0.2, 0.25) is 10.0 Å². The number of rotatable bonds is 3. The summed E-state index contributed by atoms with van der Waals surface area (Å²) in [5.41, 5.74) is 3.65. The van der Waals surface area contributed by atoms with Gasteiger partial charge in [-0.15, -0.1) is 0 Å². The van der Waals surface area contributed by atoms with Gasteiger partial charge in [0, 0.05) is 21.9 Å². The minimum Gasteiger partial charge on any atom is -0.321 e. The highest BCUT2D eigenvalue weighted by atomic mass is 35.5. The SMILES string of the molecule is CCc1nc2c(C)cccn2c1C(=O)Nc1cc(Cl)cc(Cl)c1. The molecule has 3 aromatic rings. The average Bonchev–Trinajstić information content (AvgIpc) is 2.86. The maximum absolute atomic E-state index is 12.7. The molecule has 1 amide bonds. The molecule has 0 fully saturated rings. The maximum Gasteiger partial charge on any atom is 0.274 e. The molecule has 0 atom stereocenters. The Labute approximate surface area is 144 Å². The molecular formula is C17H15Cl2N3O. The molecule has 0 aliphatic heterocycles. The highest BCUT2D eigenvalue weighted by molar-refractivity contribution is 6.35. The Morgan fingerprint density at radius 2 is 1.96 bits per heavy atom. The van der Waals surface area contributed by atoms with Crippen LogP contribution in [-0.2, 0) is 6.42 Å². The fourth-order valence-corrected chi connectivity index (χ4v) is 3.08. The van der Waals surface area contributed by atoms with Crippen LogP contribution in [0.25, 0.3) is 5.65 Å². The van der Waals surface area contributed by atoms with Crippen molar-refractivity contribution in [1.29, 1.82) is 0 Å². The van der Waals surface area contributed by atoms with Gasteiger partial charge in [0.15, 0.2) is 0 Å². The third-order valence-electron chi connectivity index (χ3n) is 3.59. The highest BCUT2D eigenvalue weighted by Gasteiger charge is 2.19. The maximum atomic E-state index is 12.7. The first-order valence-corrected chi connectivity index (χ1v) is 7.99. The van der Waals surface area contributed by atoms with Crippen LogP contribution in [0.1, 0.15) is 28.7 Å². The van der Waals surface area contributed by atoms with E-state index >= 15 is 0 Å². The Morgan fingerprint density at radius 1 is 1.26 bits per heavy atom. The summed E-state index contributed by atoms with van der Waals surface area (Å²) in [6.07, 6.45) is 2.51. The predicted octanol–water partition coefficient (Wildman–Crippen LogP) is 4.76. The van der Waals surface area contributed by atoms with E-state index in [0.717, 1.165) is 16.9 Å². The quantitative estimate of drug-likeness (QED) is 0.741. The number of aryl methyl sites for hydroxylation is 2. The van der Waals surface area contributed by atoms with Crippen LogP contribution in [0.15, 0.2) is 36.5 Å². The van der Waals surface area contributed by atoms with E-state index in [2.05, 4.69) is 10.3 Å². The lowest BCUT2D eigenvalue weighted by molar-refractivity contribution is 0.102. The second kappa shape index (κ2) is 6.22. The number of anilines is 1. The Hall–Kier alpha value is -2.04. The first-order chi connectivity index (χ1) is 11.0. The molecule has 1 N–H and O–H groups in total. The molecule has 0 saturated heterocycles. The van der Waals surface area contributed by atoms with Crippen LogP contribution in [0.5, 0.6) is 0 Å². The summed E-state index contributed by atoms with van der Waals surface area (Å²) in [5, 5.41) is 3.78. The number of nitrogens with one attached hydrogen (secondary N) is 1. The van der Waals surface area contributed by atoms with E-state index in [1.165, 1.54) is 0 Å². The van der Waals surface area contributed by atoms with Gasteiger partial charge in [-0.2, -0.15) is 0 Å². The van der Waals surface area contributed by atoms with Crippen molar-refractivity contribution in [2.24, 2.45) is 0 Å². The van der Waals surface area contributed by atoms with Crippen molar-refractivity contribution in [1.82, 2.24) is 9.38 Å². The van der Waals surface area contributed by atoms with Crippen molar-refractivity contribution >= 4 is 40.4 Å². The fourth-order valence-electron chi connectivity index (χ4n) is 2.55. The molecule has 2 aromatic heterocycles. The topological polar surface area (TPSA) is 46.4 Å². The molecule has 3 rings (SSSR count). The van der Waals surface area contributed by atoms with Crippen LogP contribution in [-0.4, -0.2) is 15.3 Å². The number of aromatic nitrogens is 2. The summed E-state index contributed by atoms with van der Waals surface area (Å²) in [6, 6.07) is 8.81. The standard InChI is InChI=1S/C17H15Cl2N3O/c1-3-14-15(22-6-4-5-10(2)16(22)21-14)17(23)20-13-8-11(18)7-12(19)9-13/h4-9H,3H2,1-2H3,(H,20,23). The molecule has 118 valence electrons. The predicted molar refractivity (Wildman–Crippen MR) is 93.7 cm³/mol. The lowest BCUT2D eigenvalue weighted by Gasteiger charge is -2.08. The third-order valence-corrected chi connectivity index (χ3v) is 4.02. The van der Waals surface area contributed by atoms with Gasteiger partial charge in [0.2, 0.25) is 0 Å². The molecule has 0 aliphatic rings. The molecule has 1 aromatic carbocycles. The number of halogens is 2. The number of hydrogen-bond acceptors (Lipinski definition) is 2. The normalized spacial score (nSPS) is 11.0. The van der Waals surface area contributed by atoms with Crippen LogP contribution >= 0.6 is 23.2 Å². The van der Waals surface area contributed by atoms with Gasteiger partial charge in [-0.3, -0.25) is 9.20 Å². The molecule has 2 heterocycles. The van der Waals surface area contributed by atoms with Gasteiger partial charge < -0.3 is 5.32 Å². The summed E-state index contributed by atoms with van der Waals surface area (Å²) in [7, 11) is 0. The van der Waals surface area contributed by atoms with Gasteiger partial charge in [-0.05, 0) is 43.2 Å². The summed E-state index contributed by atoms with van der Waals surface area (Å²) in [5.74, 6) is -0.238. The van der Waals surface area contributed by atoms with Crippen molar-refractivity contribution in [3.05, 3.63) is 63.5 Å². The number of pyridine rings is 1. The molecule has 4 nitrogen and oxygen atoms in total. The summed E-state index contributed by atoms with van der Waals surface area (Å²) in [6.45, 7) is 3.95. The molecule has 0 spiro atoms. The lowest BCUT2D eigenvalue weighted by atomic mass is 10.2. The molecular weight excluding hydrogens is 333 g/mol. The summed E-state index contributed by atoms with van der Waals surface area (Å²) < 4.78 is 1.82. The van der Waals surface area contributed by atoms with Gasteiger partial charge >= 0.3 is 0 Å². The van der Waals surface area contributed by atoms with E-state index in [4.69, 9.17) is 23.2 Å². The zero-order valence-corrected chi connectivity index (χ0v) is 14.2. The summed E-state index contributed by atoms with van der Waals surface area (Å²) >= 11 is 12.0. The van der Waals surface area contributed by atoms with Crippen molar-refractivity contribution in [3.8, 4) is 0 Å². The zero-order valence-electron chi connectivity index (χ0n) is 12.7. The summed E-state index contributed by atoms with van der Waals surface area (Å²) in [4.78, 5) is 17.3. The van der Waals surface area contributed by atoms with Gasteiger partial charge in [-0.25, -0.2) is 4.98 Å². The highest BCUT2D eigenvalue weighted by Crippen LogP contribution is 2.24. The van der Waals surface area contributed by atoms with E-state index in [0.29, 0.717) is 27.8 Å². The number of hydrogen-bond donors (Lipinski definition) is 1. The average molecular weight is 348 g/mol. The van der Waals surface area contributed by atoms with Crippen molar-refractivity contribution in [3.63, 3.8) is 0 Å². The number of carbonyl (C=O) groups is 1. The zero-order chi connectivity index (χ0) is 16.6. The van der Waals surface area contributed by atoms with E-state index in [9.17, 15) is 4.79 Å². The smallest absolute Gasteiger partial charge is 0.274 e. The number of amides is 1. The first-order valence-electron chi connectivity index (χ1n) is 7.23. The molecule has 6 heteroatoms. The fraction of sp³-hybridized carbons (Fsp3) is 0.176.